The molecule has 0 spiro atoms. The van der Waals surface area contributed by atoms with Gasteiger partial charge in [0.15, 0.2) is 34.8 Å². The van der Waals surface area contributed by atoms with Crippen LogP contribution in [0.1, 0.15) is 11.1 Å². The monoisotopic (exact) mass is 454 g/mol. The van der Waals surface area contributed by atoms with E-state index in [0.29, 0.717) is 12.2 Å². The third kappa shape index (κ3) is 4.82. The number of benzene rings is 2. The van der Waals surface area contributed by atoms with Gasteiger partial charge in [-0.2, -0.15) is 17.6 Å². The van der Waals surface area contributed by atoms with Gasteiger partial charge in [-0.1, -0.05) is 25.3 Å². The van der Waals surface area contributed by atoms with Crippen molar-refractivity contribution in [3.63, 3.8) is 0 Å². The normalized spacial score (nSPS) is 10.8. The topological polar surface area (TPSA) is 27.7 Å². The summed E-state index contributed by atoms with van der Waals surface area (Å²) < 4.78 is 124. The predicted molar refractivity (Wildman–Crippen MR) is 94.5 cm³/mol. The average molecular weight is 454 g/mol. The third-order valence-corrected chi connectivity index (χ3v) is 3.87. The van der Waals surface area contributed by atoms with Crippen LogP contribution in [0.4, 0.5) is 35.1 Å². The zero-order valence-corrected chi connectivity index (χ0v) is 15.6. The minimum Gasteiger partial charge on any atom is -0.485 e. The first kappa shape index (κ1) is 24.2. The van der Waals surface area contributed by atoms with E-state index in [0.717, 1.165) is 0 Å². The smallest absolute Gasteiger partial charge is 0.204 e. The van der Waals surface area contributed by atoms with Gasteiger partial charge in [-0.3, -0.25) is 0 Å². The van der Waals surface area contributed by atoms with E-state index >= 15 is 0 Å². The minimum absolute atomic E-state index is 0.391. The van der Waals surface area contributed by atoms with E-state index in [9.17, 15) is 35.1 Å². The van der Waals surface area contributed by atoms with Gasteiger partial charge in [-0.15, -0.1) is 0 Å². The molecule has 0 atom stereocenters. The summed E-state index contributed by atoms with van der Waals surface area (Å²) in [5.74, 6) is -16.5. The summed E-state index contributed by atoms with van der Waals surface area (Å²) in [5, 5.41) is 0. The molecule has 2 aromatic rings. The second-order valence-electron chi connectivity index (χ2n) is 5.72. The first-order valence-electron chi connectivity index (χ1n) is 8.47. The molecular weight excluding hydrogens is 440 g/mol. The lowest BCUT2D eigenvalue weighted by Gasteiger charge is -2.13. The molecule has 3 nitrogen and oxygen atoms in total. The van der Waals surface area contributed by atoms with Crippen LogP contribution in [-0.2, 0) is 4.74 Å². The lowest BCUT2D eigenvalue weighted by molar-refractivity contribution is 0.0715. The predicted octanol–water partition coefficient (Wildman–Crippen LogP) is 5.56. The molecule has 0 N–H and O–H groups in total. The van der Waals surface area contributed by atoms with Gasteiger partial charge in [0.25, 0.3) is 0 Å². The Bertz CT molecular complexity index is 869. The second kappa shape index (κ2) is 10.3. The summed E-state index contributed by atoms with van der Waals surface area (Å²) in [4.78, 5) is 0. The quantitative estimate of drug-likeness (QED) is 0.267. The summed E-state index contributed by atoms with van der Waals surface area (Å²) in [6, 6.07) is 0. The molecule has 2 rings (SSSR count). The Morgan fingerprint density at radius 2 is 0.774 bits per heavy atom. The first-order valence-corrected chi connectivity index (χ1v) is 8.47. The number of hydrogen-bond donors (Lipinski definition) is 0. The molecule has 0 aliphatic carbocycles. The van der Waals surface area contributed by atoms with Crippen LogP contribution in [-0.4, -0.2) is 26.4 Å². The fourth-order valence-electron chi connectivity index (χ4n) is 2.38. The van der Waals surface area contributed by atoms with E-state index in [1.165, 1.54) is 0 Å². The summed E-state index contributed by atoms with van der Waals surface area (Å²) in [5.41, 5.74) is -1.99. The van der Waals surface area contributed by atoms with Gasteiger partial charge in [0.05, 0.1) is 24.3 Å². The van der Waals surface area contributed by atoms with Crippen molar-refractivity contribution in [3.8, 4) is 11.5 Å². The maximum atomic E-state index is 13.7. The number of hydrogen-bond acceptors (Lipinski definition) is 3. The number of halogens is 8. The van der Waals surface area contributed by atoms with Crippen molar-refractivity contribution in [2.45, 2.75) is 0 Å². The van der Waals surface area contributed by atoms with E-state index in [2.05, 4.69) is 22.6 Å². The Morgan fingerprint density at radius 1 is 0.484 bits per heavy atom. The van der Waals surface area contributed by atoms with Gasteiger partial charge >= 0.3 is 0 Å². The zero-order valence-electron chi connectivity index (χ0n) is 15.6. The SMILES string of the molecule is C=Cc1c(F)c(F)c(OCCOCCOc2c(F)c(F)c(C=C)c(F)c2F)c(F)c1F. The molecule has 0 unspecified atom stereocenters. The van der Waals surface area contributed by atoms with Gasteiger partial charge in [0, 0.05) is 0 Å². The van der Waals surface area contributed by atoms with Crippen molar-refractivity contribution >= 4 is 12.2 Å². The van der Waals surface area contributed by atoms with E-state index in [4.69, 9.17) is 4.74 Å². The van der Waals surface area contributed by atoms with E-state index in [1.807, 2.05) is 0 Å². The Morgan fingerprint density at radius 3 is 1.03 bits per heavy atom. The van der Waals surface area contributed by atoms with Crippen LogP contribution in [0.2, 0.25) is 0 Å². The van der Waals surface area contributed by atoms with E-state index < -0.39 is 95.6 Å². The zero-order chi connectivity index (χ0) is 23.3. The van der Waals surface area contributed by atoms with Gasteiger partial charge in [-0.25, -0.2) is 17.6 Å². The number of rotatable bonds is 10. The maximum absolute atomic E-state index is 13.7. The molecule has 0 aromatic heterocycles. The highest BCUT2D eigenvalue weighted by molar-refractivity contribution is 5.52. The Hall–Kier alpha value is -3.08. The molecule has 0 saturated heterocycles. The Kier molecular flexibility index (Phi) is 8.03. The third-order valence-electron chi connectivity index (χ3n) is 3.87. The lowest BCUT2D eigenvalue weighted by atomic mass is 10.1. The fraction of sp³-hybridized carbons (Fsp3) is 0.200. The molecule has 0 bridgehead atoms. The molecule has 11 heteroatoms. The number of ether oxygens (including phenoxy) is 3. The molecule has 0 fully saturated rings. The largest absolute Gasteiger partial charge is 0.485 e. The van der Waals surface area contributed by atoms with Crippen LogP contribution in [0, 0.1) is 46.5 Å². The summed E-state index contributed by atoms with van der Waals surface area (Å²) in [6.07, 6.45) is 1.19. The summed E-state index contributed by atoms with van der Waals surface area (Å²) >= 11 is 0. The van der Waals surface area contributed by atoms with Crippen molar-refractivity contribution in [3.05, 3.63) is 70.8 Å². The van der Waals surface area contributed by atoms with Gasteiger partial charge in [0.1, 0.15) is 13.2 Å². The highest BCUT2D eigenvalue weighted by Crippen LogP contribution is 2.31. The molecule has 2 aromatic carbocycles. The van der Waals surface area contributed by atoms with Crippen LogP contribution < -0.4 is 9.47 Å². The van der Waals surface area contributed by atoms with Crippen LogP contribution >= 0.6 is 0 Å². The fourth-order valence-corrected chi connectivity index (χ4v) is 2.38. The highest BCUT2D eigenvalue weighted by atomic mass is 19.2. The van der Waals surface area contributed by atoms with Crippen LogP contribution in [0.5, 0.6) is 11.5 Å². The van der Waals surface area contributed by atoms with Crippen LogP contribution in [0.3, 0.4) is 0 Å². The molecule has 168 valence electrons. The summed E-state index contributed by atoms with van der Waals surface area (Å²) in [6.45, 7) is 4.16. The van der Waals surface area contributed by atoms with Crippen LogP contribution in [0.15, 0.2) is 13.2 Å². The Labute approximate surface area is 171 Å². The van der Waals surface area contributed by atoms with Crippen molar-refractivity contribution in [1.29, 1.82) is 0 Å². The Balaban J connectivity index is 1.89. The molecule has 0 radical (unpaired) electrons. The van der Waals surface area contributed by atoms with Crippen LogP contribution in [0.25, 0.3) is 12.2 Å². The lowest BCUT2D eigenvalue weighted by Crippen LogP contribution is -2.15. The molecular formula is C20H14F8O3. The van der Waals surface area contributed by atoms with E-state index in [1.54, 1.807) is 0 Å². The van der Waals surface area contributed by atoms with Crippen molar-refractivity contribution < 1.29 is 49.3 Å². The summed E-state index contributed by atoms with van der Waals surface area (Å²) in [7, 11) is 0. The molecule has 0 heterocycles. The standard InChI is InChI=1S/C20H14F8O3/c1-3-9-11(21)15(25)19(16(26)12(9)22)30-7-5-29-6-8-31-20-17(27)13(23)10(4-2)14(24)18(20)28/h3-4H,1-2,5-8H2. The first-order chi connectivity index (χ1) is 14.7. The van der Waals surface area contributed by atoms with Gasteiger partial charge < -0.3 is 14.2 Å². The maximum Gasteiger partial charge on any atom is 0.204 e. The second-order valence-corrected chi connectivity index (χ2v) is 5.72. The average Bonchev–Trinajstić information content (AvgIpc) is 2.75. The highest BCUT2D eigenvalue weighted by Gasteiger charge is 2.26. The molecule has 0 saturated carbocycles. The molecule has 0 aliphatic rings. The molecule has 0 aliphatic heterocycles. The minimum atomic E-state index is -1.77. The van der Waals surface area contributed by atoms with Gasteiger partial charge in [-0.05, 0) is 0 Å². The van der Waals surface area contributed by atoms with Crippen molar-refractivity contribution in [1.82, 2.24) is 0 Å². The molecule has 0 amide bonds. The van der Waals surface area contributed by atoms with Crippen molar-refractivity contribution in [2.24, 2.45) is 0 Å². The van der Waals surface area contributed by atoms with Gasteiger partial charge in [0.2, 0.25) is 23.3 Å². The van der Waals surface area contributed by atoms with E-state index in [-0.39, 0.29) is 0 Å². The van der Waals surface area contributed by atoms with Crippen molar-refractivity contribution in [2.75, 3.05) is 26.4 Å². The molecule has 31 heavy (non-hydrogen) atoms.